The van der Waals surface area contributed by atoms with Crippen LogP contribution in [-0.2, 0) is 9.53 Å². The molecule has 1 heterocycles. The number of hydrogen-bond donors (Lipinski definition) is 2. The van der Waals surface area contributed by atoms with Crippen molar-refractivity contribution in [2.45, 2.75) is 33.1 Å². The van der Waals surface area contributed by atoms with Gasteiger partial charge >= 0.3 is 0 Å². The Hall–Kier alpha value is -0.610. The fourth-order valence-corrected chi connectivity index (χ4v) is 2.12. The molecule has 94 valence electrons. The SMILES string of the molecule is CCC(CC)(CN)C(=O)NCC1CCOC1. The summed E-state index contributed by atoms with van der Waals surface area (Å²) in [6.45, 7) is 6.79. The number of nitrogens with two attached hydrogens (primary N) is 1. The lowest BCUT2D eigenvalue weighted by atomic mass is 9.81. The Bertz CT molecular complexity index is 213. The zero-order valence-electron chi connectivity index (χ0n) is 10.4. The number of carbonyl (C=O) groups is 1. The molecule has 0 aromatic heterocycles. The smallest absolute Gasteiger partial charge is 0.227 e. The summed E-state index contributed by atoms with van der Waals surface area (Å²) in [5, 5.41) is 3.02. The van der Waals surface area contributed by atoms with Crippen molar-refractivity contribution >= 4 is 5.91 Å². The first-order chi connectivity index (χ1) is 7.68. The minimum absolute atomic E-state index is 0.104. The van der Waals surface area contributed by atoms with E-state index in [0.29, 0.717) is 12.5 Å². The third-order valence-electron chi connectivity index (χ3n) is 3.80. The number of hydrogen-bond acceptors (Lipinski definition) is 3. The maximum Gasteiger partial charge on any atom is 0.227 e. The first-order valence-electron chi connectivity index (χ1n) is 6.24. The molecule has 0 radical (unpaired) electrons. The van der Waals surface area contributed by atoms with Crippen LogP contribution in [0.25, 0.3) is 0 Å². The van der Waals surface area contributed by atoms with Gasteiger partial charge in [-0.1, -0.05) is 13.8 Å². The van der Waals surface area contributed by atoms with E-state index in [1.54, 1.807) is 0 Å². The van der Waals surface area contributed by atoms with Gasteiger partial charge in [-0.25, -0.2) is 0 Å². The lowest BCUT2D eigenvalue weighted by Gasteiger charge is -2.29. The fraction of sp³-hybridized carbons (Fsp3) is 0.917. The molecular formula is C12H24N2O2. The lowest BCUT2D eigenvalue weighted by molar-refractivity contribution is -0.131. The highest BCUT2D eigenvalue weighted by Crippen LogP contribution is 2.25. The van der Waals surface area contributed by atoms with E-state index in [9.17, 15) is 4.79 Å². The minimum atomic E-state index is -0.376. The molecule has 1 rings (SSSR count). The van der Waals surface area contributed by atoms with E-state index in [0.717, 1.165) is 39.0 Å². The summed E-state index contributed by atoms with van der Waals surface area (Å²) in [5.41, 5.74) is 5.35. The van der Waals surface area contributed by atoms with Gasteiger partial charge in [0.2, 0.25) is 5.91 Å². The van der Waals surface area contributed by atoms with Crippen molar-refractivity contribution in [2.24, 2.45) is 17.1 Å². The van der Waals surface area contributed by atoms with Crippen LogP contribution in [0.2, 0.25) is 0 Å². The van der Waals surface area contributed by atoms with Crippen molar-refractivity contribution < 1.29 is 9.53 Å². The molecule has 1 fully saturated rings. The van der Waals surface area contributed by atoms with Gasteiger partial charge < -0.3 is 15.8 Å². The first kappa shape index (κ1) is 13.5. The summed E-state index contributed by atoms with van der Waals surface area (Å²) in [7, 11) is 0. The van der Waals surface area contributed by atoms with E-state index >= 15 is 0 Å². The summed E-state index contributed by atoms with van der Waals surface area (Å²) in [6.07, 6.45) is 2.65. The predicted octanol–water partition coefficient (Wildman–Crippen LogP) is 0.904. The molecule has 4 nitrogen and oxygen atoms in total. The Morgan fingerprint density at radius 3 is 2.62 bits per heavy atom. The van der Waals surface area contributed by atoms with Gasteiger partial charge in [-0.3, -0.25) is 4.79 Å². The summed E-state index contributed by atoms with van der Waals surface area (Å²) in [6, 6.07) is 0. The average molecular weight is 228 g/mol. The number of carbonyl (C=O) groups excluding carboxylic acids is 1. The highest BCUT2D eigenvalue weighted by molar-refractivity contribution is 5.82. The van der Waals surface area contributed by atoms with Gasteiger partial charge in [0, 0.05) is 25.6 Å². The maximum absolute atomic E-state index is 12.1. The van der Waals surface area contributed by atoms with Crippen LogP contribution in [0.15, 0.2) is 0 Å². The molecular weight excluding hydrogens is 204 g/mol. The molecule has 4 heteroatoms. The molecule has 1 amide bonds. The van der Waals surface area contributed by atoms with E-state index in [1.807, 2.05) is 13.8 Å². The van der Waals surface area contributed by atoms with Crippen molar-refractivity contribution in [1.29, 1.82) is 0 Å². The Labute approximate surface area is 97.9 Å². The summed E-state index contributed by atoms with van der Waals surface area (Å²) in [4.78, 5) is 12.1. The average Bonchev–Trinajstić information content (AvgIpc) is 2.82. The van der Waals surface area contributed by atoms with Gasteiger partial charge in [0.25, 0.3) is 0 Å². The van der Waals surface area contributed by atoms with Gasteiger partial charge in [-0.15, -0.1) is 0 Å². The van der Waals surface area contributed by atoms with Gasteiger partial charge in [0.1, 0.15) is 0 Å². The first-order valence-corrected chi connectivity index (χ1v) is 6.24. The standard InChI is InChI=1S/C12H24N2O2/c1-3-12(4-2,9-13)11(15)14-7-10-5-6-16-8-10/h10H,3-9,13H2,1-2H3,(H,14,15). The maximum atomic E-state index is 12.1. The van der Waals surface area contributed by atoms with Crippen molar-refractivity contribution in [3.63, 3.8) is 0 Å². The van der Waals surface area contributed by atoms with E-state index in [2.05, 4.69) is 5.32 Å². The van der Waals surface area contributed by atoms with E-state index in [4.69, 9.17) is 10.5 Å². The van der Waals surface area contributed by atoms with Crippen molar-refractivity contribution in [2.75, 3.05) is 26.3 Å². The van der Waals surface area contributed by atoms with Crippen LogP contribution < -0.4 is 11.1 Å². The molecule has 0 saturated carbocycles. The Kier molecular flexibility index (Phi) is 5.22. The minimum Gasteiger partial charge on any atom is -0.381 e. The van der Waals surface area contributed by atoms with Crippen molar-refractivity contribution in [1.82, 2.24) is 5.32 Å². The molecule has 0 aliphatic carbocycles. The molecule has 1 saturated heterocycles. The Morgan fingerprint density at radius 1 is 1.50 bits per heavy atom. The molecule has 0 bridgehead atoms. The number of ether oxygens (including phenoxy) is 1. The van der Waals surface area contributed by atoms with Crippen LogP contribution in [0.4, 0.5) is 0 Å². The van der Waals surface area contributed by atoms with Crippen molar-refractivity contribution in [3.05, 3.63) is 0 Å². The van der Waals surface area contributed by atoms with Gasteiger partial charge in [-0.2, -0.15) is 0 Å². The van der Waals surface area contributed by atoms with Gasteiger partial charge in [0.15, 0.2) is 0 Å². The number of rotatable bonds is 6. The Morgan fingerprint density at radius 2 is 2.19 bits per heavy atom. The molecule has 0 aromatic rings. The van der Waals surface area contributed by atoms with Gasteiger partial charge in [-0.05, 0) is 19.3 Å². The fourth-order valence-electron chi connectivity index (χ4n) is 2.12. The van der Waals surface area contributed by atoms with Crippen molar-refractivity contribution in [3.8, 4) is 0 Å². The van der Waals surface area contributed by atoms with Crippen LogP contribution in [0, 0.1) is 11.3 Å². The normalized spacial score (nSPS) is 21.1. The van der Waals surface area contributed by atoms with Crippen LogP contribution >= 0.6 is 0 Å². The van der Waals surface area contributed by atoms with Crippen LogP contribution in [-0.4, -0.2) is 32.2 Å². The number of amides is 1. The molecule has 1 aliphatic heterocycles. The highest BCUT2D eigenvalue weighted by atomic mass is 16.5. The zero-order chi connectivity index (χ0) is 12.0. The summed E-state index contributed by atoms with van der Waals surface area (Å²) < 4.78 is 5.28. The molecule has 3 N–H and O–H groups in total. The van der Waals surface area contributed by atoms with Crippen LogP contribution in [0.1, 0.15) is 33.1 Å². The second-order valence-electron chi connectivity index (χ2n) is 4.63. The molecule has 0 spiro atoms. The van der Waals surface area contributed by atoms with Crippen LogP contribution in [0.3, 0.4) is 0 Å². The third-order valence-corrected chi connectivity index (χ3v) is 3.80. The second kappa shape index (κ2) is 6.21. The molecule has 1 atom stereocenters. The monoisotopic (exact) mass is 228 g/mol. The topological polar surface area (TPSA) is 64.4 Å². The third kappa shape index (κ3) is 2.95. The lowest BCUT2D eigenvalue weighted by Crippen LogP contribution is -2.46. The van der Waals surface area contributed by atoms with E-state index in [-0.39, 0.29) is 11.3 Å². The Balaban J connectivity index is 2.42. The zero-order valence-corrected chi connectivity index (χ0v) is 10.4. The number of nitrogens with one attached hydrogen (secondary N) is 1. The second-order valence-corrected chi connectivity index (χ2v) is 4.63. The molecule has 16 heavy (non-hydrogen) atoms. The highest BCUT2D eigenvalue weighted by Gasteiger charge is 2.33. The summed E-state index contributed by atoms with van der Waals surface area (Å²) >= 11 is 0. The molecule has 1 aliphatic rings. The van der Waals surface area contributed by atoms with Crippen LogP contribution in [0.5, 0.6) is 0 Å². The predicted molar refractivity (Wildman–Crippen MR) is 64.0 cm³/mol. The quantitative estimate of drug-likeness (QED) is 0.710. The molecule has 1 unspecified atom stereocenters. The summed E-state index contributed by atoms with van der Waals surface area (Å²) in [5.74, 6) is 0.583. The van der Waals surface area contributed by atoms with Gasteiger partial charge in [0.05, 0.1) is 12.0 Å². The largest absolute Gasteiger partial charge is 0.381 e. The van der Waals surface area contributed by atoms with E-state index in [1.165, 1.54) is 0 Å². The van der Waals surface area contributed by atoms with E-state index < -0.39 is 0 Å². The molecule has 0 aromatic carbocycles.